The maximum absolute atomic E-state index is 4.41. The molecule has 0 radical (unpaired) electrons. The first kappa shape index (κ1) is 7.53. The molecule has 1 aromatic heterocycles. The van der Waals surface area contributed by atoms with Gasteiger partial charge in [-0.3, -0.25) is 4.98 Å². The zero-order valence-corrected chi connectivity index (χ0v) is 7.16. The number of hydrogen-bond donors (Lipinski definition) is 0. The molecule has 1 aliphatic carbocycles. The normalized spacial score (nSPS) is 20.5. The molecule has 12 heavy (non-hydrogen) atoms. The van der Waals surface area contributed by atoms with E-state index in [0.29, 0.717) is 5.92 Å². The van der Waals surface area contributed by atoms with E-state index in [0.717, 1.165) is 6.42 Å². The summed E-state index contributed by atoms with van der Waals surface area (Å²) in [5.41, 5.74) is 2.74. The molecule has 1 aromatic rings. The summed E-state index contributed by atoms with van der Waals surface area (Å²) < 4.78 is 0. The van der Waals surface area contributed by atoms with Crippen LogP contribution in [0, 0.1) is 0 Å². The van der Waals surface area contributed by atoms with Gasteiger partial charge in [-0.1, -0.05) is 12.1 Å². The highest BCUT2D eigenvalue weighted by molar-refractivity contribution is 5.28. The second-order valence-electron chi connectivity index (χ2n) is 3.31. The Labute approximate surface area is 73.1 Å². The Morgan fingerprint density at radius 1 is 1.67 bits per heavy atom. The first-order chi connectivity index (χ1) is 5.92. The summed E-state index contributed by atoms with van der Waals surface area (Å²) in [5.74, 6) is 0.638. The van der Waals surface area contributed by atoms with Gasteiger partial charge >= 0.3 is 0 Å². The van der Waals surface area contributed by atoms with Crippen LogP contribution in [0.2, 0.25) is 0 Å². The van der Waals surface area contributed by atoms with E-state index in [9.17, 15) is 0 Å². The molecular formula is C11H13N. The van der Waals surface area contributed by atoms with E-state index in [-0.39, 0.29) is 0 Å². The zero-order valence-electron chi connectivity index (χ0n) is 7.16. The number of rotatable bonds is 2. The number of hydrogen-bond acceptors (Lipinski definition) is 1. The highest BCUT2D eigenvalue weighted by Gasteiger charge is 2.21. The SMILES string of the molecule is C=CCC1CCc2cccnc21. The van der Waals surface area contributed by atoms with E-state index >= 15 is 0 Å². The van der Waals surface area contributed by atoms with Crippen molar-refractivity contribution in [2.24, 2.45) is 0 Å². The van der Waals surface area contributed by atoms with E-state index in [4.69, 9.17) is 0 Å². The van der Waals surface area contributed by atoms with Crippen molar-refractivity contribution >= 4 is 0 Å². The minimum absolute atomic E-state index is 0.638. The molecule has 0 spiro atoms. The number of nitrogens with zero attached hydrogens (tertiary/aromatic N) is 1. The third-order valence-corrected chi connectivity index (χ3v) is 2.53. The summed E-state index contributed by atoms with van der Waals surface area (Å²) in [5, 5.41) is 0. The van der Waals surface area contributed by atoms with Crippen LogP contribution in [0.4, 0.5) is 0 Å². The van der Waals surface area contributed by atoms with Crippen molar-refractivity contribution in [3.63, 3.8) is 0 Å². The van der Waals surface area contributed by atoms with Crippen LogP contribution in [0.15, 0.2) is 31.0 Å². The second kappa shape index (κ2) is 3.10. The number of aryl methyl sites for hydroxylation is 1. The standard InChI is InChI=1S/C11H13N/c1-2-4-9-6-7-10-5-3-8-12-11(9)10/h2-3,5,8-9H,1,4,6-7H2. The van der Waals surface area contributed by atoms with E-state index in [1.807, 2.05) is 18.3 Å². The molecule has 1 heteroatoms. The molecule has 1 aliphatic rings. The van der Waals surface area contributed by atoms with Gasteiger partial charge in [0.05, 0.1) is 0 Å². The molecule has 0 aromatic carbocycles. The van der Waals surface area contributed by atoms with Crippen molar-refractivity contribution in [3.05, 3.63) is 42.2 Å². The van der Waals surface area contributed by atoms with Crippen molar-refractivity contribution in [2.45, 2.75) is 25.2 Å². The predicted molar refractivity (Wildman–Crippen MR) is 50.1 cm³/mol. The van der Waals surface area contributed by atoms with Gasteiger partial charge in [0, 0.05) is 17.8 Å². The molecule has 0 aliphatic heterocycles. The van der Waals surface area contributed by atoms with Gasteiger partial charge in [0.25, 0.3) is 0 Å². The summed E-state index contributed by atoms with van der Waals surface area (Å²) >= 11 is 0. The molecule has 1 atom stereocenters. The van der Waals surface area contributed by atoms with Crippen LogP contribution in [-0.4, -0.2) is 4.98 Å². The van der Waals surface area contributed by atoms with Crippen molar-refractivity contribution in [3.8, 4) is 0 Å². The van der Waals surface area contributed by atoms with Crippen molar-refractivity contribution in [2.75, 3.05) is 0 Å². The average Bonchev–Trinajstić information content (AvgIpc) is 2.50. The monoisotopic (exact) mass is 159 g/mol. The second-order valence-corrected chi connectivity index (χ2v) is 3.31. The van der Waals surface area contributed by atoms with Crippen LogP contribution in [0.25, 0.3) is 0 Å². The third-order valence-electron chi connectivity index (χ3n) is 2.53. The van der Waals surface area contributed by atoms with Gasteiger partial charge in [-0.25, -0.2) is 0 Å². The Bertz CT molecular complexity index is 291. The molecule has 0 saturated carbocycles. The summed E-state index contributed by atoms with van der Waals surface area (Å²) in [4.78, 5) is 4.41. The molecule has 1 heterocycles. The fourth-order valence-electron chi connectivity index (χ4n) is 1.93. The van der Waals surface area contributed by atoms with Gasteiger partial charge < -0.3 is 0 Å². The summed E-state index contributed by atoms with van der Waals surface area (Å²) in [6, 6.07) is 4.21. The van der Waals surface area contributed by atoms with Crippen molar-refractivity contribution in [1.82, 2.24) is 4.98 Å². The first-order valence-corrected chi connectivity index (χ1v) is 4.46. The van der Waals surface area contributed by atoms with E-state index in [1.54, 1.807) is 0 Å². The first-order valence-electron chi connectivity index (χ1n) is 4.46. The van der Waals surface area contributed by atoms with Crippen LogP contribution in [-0.2, 0) is 6.42 Å². The molecule has 62 valence electrons. The summed E-state index contributed by atoms with van der Waals surface area (Å²) in [6.07, 6.45) is 7.40. The molecule has 0 amide bonds. The molecule has 0 saturated heterocycles. The zero-order chi connectivity index (χ0) is 8.39. The fourth-order valence-corrected chi connectivity index (χ4v) is 1.93. The number of allylic oxidation sites excluding steroid dienone is 1. The summed E-state index contributed by atoms with van der Waals surface area (Å²) in [6.45, 7) is 3.77. The Kier molecular flexibility index (Phi) is 1.94. The van der Waals surface area contributed by atoms with Crippen LogP contribution >= 0.6 is 0 Å². The number of aromatic nitrogens is 1. The number of fused-ring (bicyclic) bond motifs is 1. The predicted octanol–water partition coefficient (Wildman–Crippen LogP) is 2.69. The molecule has 1 nitrogen and oxygen atoms in total. The molecular weight excluding hydrogens is 146 g/mol. The Hall–Kier alpha value is -1.11. The highest BCUT2D eigenvalue weighted by Crippen LogP contribution is 2.33. The smallest absolute Gasteiger partial charge is 0.0469 e. The maximum atomic E-state index is 4.41. The maximum Gasteiger partial charge on any atom is 0.0469 e. The largest absolute Gasteiger partial charge is 0.261 e. The fraction of sp³-hybridized carbons (Fsp3) is 0.364. The molecule has 0 fully saturated rings. The van der Waals surface area contributed by atoms with E-state index < -0.39 is 0 Å². The number of pyridine rings is 1. The molecule has 0 bridgehead atoms. The van der Waals surface area contributed by atoms with Crippen molar-refractivity contribution in [1.29, 1.82) is 0 Å². The van der Waals surface area contributed by atoms with Gasteiger partial charge in [0.1, 0.15) is 0 Å². The molecule has 0 N–H and O–H groups in total. The van der Waals surface area contributed by atoms with Crippen molar-refractivity contribution < 1.29 is 0 Å². The Morgan fingerprint density at radius 2 is 2.58 bits per heavy atom. The quantitative estimate of drug-likeness (QED) is 0.604. The van der Waals surface area contributed by atoms with Crippen LogP contribution in [0.3, 0.4) is 0 Å². The van der Waals surface area contributed by atoms with E-state index in [1.165, 1.54) is 24.1 Å². The Balaban J connectivity index is 2.29. The minimum Gasteiger partial charge on any atom is -0.261 e. The van der Waals surface area contributed by atoms with Gasteiger partial charge in [-0.15, -0.1) is 6.58 Å². The molecule has 2 rings (SSSR count). The van der Waals surface area contributed by atoms with Crippen LogP contribution in [0.5, 0.6) is 0 Å². The minimum atomic E-state index is 0.638. The van der Waals surface area contributed by atoms with Gasteiger partial charge in [0.2, 0.25) is 0 Å². The van der Waals surface area contributed by atoms with Crippen LogP contribution < -0.4 is 0 Å². The van der Waals surface area contributed by atoms with Gasteiger partial charge in [0.15, 0.2) is 0 Å². The average molecular weight is 159 g/mol. The lowest BCUT2D eigenvalue weighted by Gasteiger charge is -2.05. The van der Waals surface area contributed by atoms with Gasteiger partial charge in [-0.2, -0.15) is 0 Å². The summed E-state index contributed by atoms with van der Waals surface area (Å²) in [7, 11) is 0. The highest BCUT2D eigenvalue weighted by atomic mass is 14.7. The lowest BCUT2D eigenvalue weighted by molar-refractivity contribution is 0.675. The third kappa shape index (κ3) is 1.15. The lowest BCUT2D eigenvalue weighted by atomic mass is 10.0. The molecule has 1 unspecified atom stereocenters. The van der Waals surface area contributed by atoms with Crippen LogP contribution in [0.1, 0.15) is 30.0 Å². The van der Waals surface area contributed by atoms with E-state index in [2.05, 4.69) is 17.6 Å². The lowest BCUT2D eigenvalue weighted by Crippen LogP contribution is -1.93. The topological polar surface area (TPSA) is 12.9 Å². The van der Waals surface area contributed by atoms with Gasteiger partial charge in [-0.05, 0) is 30.9 Å². The Morgan fingerprint density at radius 3 is 3.42 bits per heavy atom.